The van der Waals surface area contributed by atoms with Gasteiger partial charge in [-0.25, -0.2) is 9.78 Å². The van der Waals surface area contributed by atoms with Gasteiger partial charge in [-0.15, -0.1) is 0 Å². The van der Waals surface area contributed by atoms with Crippen molar-refractivity contribution in [3.63, 3.8) is 0 Å². The Balaban J connectivity index is 1.18. The first-order chi connectivity index (χ1) is 19.1. The molecule has 0 unspecified atom stereocenters. The van der Waals surface area contributed by atoms with Gasteiger partial charge in [0, 0.05) is 22.9 Å². The van der Waals surface area contributed by atoms with Gasteiger partial charge in [0.05, 0.1) is 23.4 Å². The van der Waals surface area contributed by atoms with Crippen molar-refractivity contribution >= 4 is 40.9 Å². The largest absolute Gasteiger partial charge is 0.359 e. The summed E-state index contributed by atoms with van der Waals surface area (Å²) in [5.74, 6) is -0.315. The Hall–Kier alpha value is -5.32. The van der Waals surface area contributed by atoms with Gasteiger partial charge >= 0.3 is 6.03 Å². The number of pyridine rings is 1. The van der Waals surface area contributed by atoms with Gasteiger partial charge in [0.15, 0.2) is 5.82 Å². The van der Waals surface area contributed by atoms with Crippen LogP contribution in [0.4, 0.5) is 22.0 Å². The molecule has 2 aromatic heterocycles. The Bertz CT molecular complexity index is 1590. The third-order valence-corrected chi connectivity index (χ3v) is 6.13. The lowest BCUT2D eigenvalue weighted by Gasteiger charge is -2.14. The fourth-order valence-corrected chi connectivity index (χ4v) is 4.04. The molecule has 0 radical (unpaired) electrons. The number of fused-ring (bicyclic) bond motifs is 1. The number of nitrogens with one attached hydrogen (secondary N) is 3. The molecule has 0 saturated heterocycles. The lowest BCUT2D eigenvalue weighted by Crippen LogP contribution is -2.29. The molecule has 4 aromatic rings. The number of benzene rings is 2. The lowest BCUT2D eigenvalue weighted by atomic mass is 9.93. The summed E-state index contributed by atoms with van der Waals surface area (Å²) < 4.78 is 5.26. The molecule has 11 nitrogen and oxygen atoms in total. The molecular formula is C29H26N6O5. The predicted octanol–water partition coefficient (Wildman–Crippen LogP) is 5.06. The summed E-state index contributed by atoms with van der Waals surface area (Å²) in [6.45, 7) is 5.87. The van der Waals surface area contributed by atoms with E-state index in [1.165, 1.54) is 6.07 Å². The first-order valence-corrected chi connectivity index (χ1v) is 12.5. The minimum Gasteiger partial charge on any atom is -0.359 e. The minimum absolute atomic E-state index is 0.0538. The van der Waals surface area contributed by atoms with Gasteiger partial charge in [-0.3, -0.25) is 24.6 Å². The number of aromatic nitrogens is 2. The van der Waals surface area contributed by atoms with E-state index in [2.05, 4.69) is 26.1 Å². The van der Waals surface area contributed by atoms with E-state index < -0.39 is 23.8 Å². The van der Waals surface area contributed by atoms with E-state index >= 15 is 0 Å². The van der Waals surface area contributed by atoms with Crippen molar-refractivity contribution in [3.05, 3.63) is 101 Å². The maximum absolute atomic E-state index is 12.8. The SMILES string of the molecule is CC(C)(C)c1cc(NC(=O)Nc2ccc(NC(=O)c3cccc(CN4C(=O)c5ccccc5C4=O)n3)cc2)no1. The highest BCUT2D eigenvalue weighted by Gasteiger charge is 2.35. The molecular weight excluding hydrogens is 512 g/mol. The van der Waals surface area contributed by atoms with Crippen LogP contribution in [0.1, 0.15) is 63.4 Å². The van der Waals surface area contributed by atoms with E-state index in [4.69, 9.17) is 4.52 Å². The zero-order chi connectivity index (χ0) is 28.4. The van der Waals surface area contributed by atoms with Gasteiger partial charge in [0.2, 0.25) is 0 Å². The minimum atomic E-state index is -0.496. The summed E-state index contributed by atoms with van der Waals surface area (Å²) in [6.07, 6.45) is 0. The highest BCUT2D eigenvalue weighted by atomic mass is 16.5. The van der Waals surface area contributed by atoms with E-state index in [1.807, 2.05) is 20.8 Å². The maximum atomic E-state index is 12.8. The lowest BCUT2D eigenvalue weighted by molar-refractivity contribution is 0.0640. The number of urea groups is 1. The van der Waals surface area contributed by atoms with Crippen molar-refractivity contribution in [2.24, 2.45) is 0 Å². The fourth-order valence-electron chi connectivity index (χ4n) is 4.04. The van der Waals surface area contributed by atoms with Crippen molar-refractivity contribution in [1.82, 2.24) is 15.0 Å². The zero-order valence-electron chi connectivity index (χ0n) is 22.0. The van der Waals surface area contributed by atoms with E-state index in [0.717, 1.165) is 4.90 Å². The second kappa shape index (κ2) is 10.4. The number of amides is 5. The molecule has 0 spiro atoms. The summed E-state index contributed by atoms with van der Waals surface area (Å²) in [6, 6.07) is 19.1. The molecule has 0 aliphatic carbocycles. The monoisotopic (exact) mass is 538 g/mol. The second-order valence-corrected chi connectivity index (χ2v) is 10.2. The number of nitrogens with zero attached hydrogens (tertiary/aromatic N) is 3. The molecule has 3 heterocycles. The first kappa shape index (κ1) is 26.3. The average molecular weight is 539 g/mol. The Morgan fingerprint density at radius 3 is 2.05 bits per heavy atom. The summed E-state index contributed by atoms with van der Waals surface area (Å²) in [4.78, 5) is 55.9. The molecule has 0 saturated carbocycles. The molecule has 3 N–H and O–H groups in total. The van der Waals surface area contributed by atoms with E-state index in [0.29, 0.717) is 39.8 Å². The van der Waals surface area contributed by atoms with Gasteiger partial charge in [0.1, 0.15) is 11.5 Å². The Morgan fingerprint density at radius 1 is 0.825 bits per heavy atom. The molecule has 0 bridgehead atoms. The number of hydrogen-bond donors (Lipinski definition) is 3. The van der Waals surface area contributed by atoms with Crippen LogP contribution in [0.15, 0.2) is 77.3 Å². The molecule has 0 fully saturated rings. The molecule has 40 heavy (non-hydrogen) atoms. The van der Waals surface area contributed by atoms with Gasteiger partial charge < -0.3 is 15.2 Å². The highest BCUT2D eigenvalue weighted by molar-refractivity contribution is 6.21. The summed E-state index contributed by atoms with van der Waals surface area (Å²) >= 11 is 0. The first-order valence-electron chi connectivity index (χ1n) is 12.5. The Kier molecular flexibility index (Phi) is 6.87. The Morgan fingerprint density at radius 2 is 1.45 bits per heavy atom. The molecule has 1 aliphatic rings. The van der Waals surface area contributed by atoms with Crippen molar-refractivity contribution in [2.75, 3.05) is 16.0 Å². The molecule has 0 atom stereocenters. The number of rotatable bonds is 6. The normalized spacial score (nSPS) is 12.7. The summed E-state index contributed by atoms with van der Waals surface area (Å²) in [5, 5.41) is 11.9. The topological polar surface area (TPSA) is 147 Å². The van der Waals surface area contributed by atoms with Crippen LogP contribution in [0.2, 0.25) is 0 Å². The highest BCUT2D eigenvalue weighted by Crippen LogP contribution is 2.25. The van der Waals surface area contributed by atoms with Gasteiger partial charge in [0.25, 0.3) is 17.7 Å². The third kappa shape index (κ3) is 5.58. The van der Waals surface area contributed by atoms with Crippen LogP contribution >= 0.6 is 0 Å². The maximum Gasteiger partial charge on any atom is 0.324 e. The van der Waals surface area contributed by atoms with Crippen LogP contribution in [0, 0.1) is 0 Å². The number of carbonyl (C=O) groups excluding carboxylic acids is 4. The van der Waals surface area contributed by atoms with Crippen LogP contribution in [-0.2, 0) is 12.0 Å². The molecule has 2 aromatic carbocycles. The fraction of sp³-hybridized carbons (Fsp3) is 0.172. The van der Waals surface area contributed by atoms with Crippen LogP contribution in [-0.4, -0.2) is 38.8 Å². The van der Waals surface area contributed by atoms with E-state index in [9.17, 15) is 19.2 Å². The van der Waals surface area contributed by atoms with Crippen LogP contribution in [0.25, 0.3) is 0 Å². The molecule has 11 heteroatoms. The smallest absolute Gasteiger partial charge is 0.324 e. The molecule has 1 aliphatic heterocycles. The average Bonchev–Trinajstić information content (AvgIpc) is 3.49. The summed E-state index contributed by atoms with van der Waals surface area (Å²) in [5.41, 5.74) is 1.96. The van der Waals surface area contributed by atoms with Crippen LogP contribution in [0.3, 0.4) is 0 Å². The molecule has 5 rings (SSSR count). The zero-order valence-corrected chi connectivity index (χ0v) is 22.0. The van der Waals surface area contributed by atoms with E-state index in [1.54, 1.807) is 66.7 Å². The standard InChI is InChI=1S/C29H26N6O5/c1-29(2,3)23-15-24(34-40-23)33-28(39)32-18-13-11-17(12-14-18)31-25(36)22-10-6-7-19(30-22)16-35-26(37)20-8-4-5-9-21(20)27(35)38/h4-15H,16H2,1-3H3,(H,31,36)(H2,32,33,34,39). The number of anilines is 3. The van der Waals surface area contributed by atoms with Crippen LogP contribution < -0.4 is 16.0 Å². The van der Waals surface area contributed by atoms with Crippen molar-refractivity contribution in [1.29, 1.82) is 0 Å². The third-order valence-electron chi connectivity index (χ3n) is 6.13. The van der Waals surface area contributed by atoms with Crippen molar-refractivity contribution < 1.29 is 23.7 Å². The van der Waals surface area contributed by atoms with Gasteiger partial charge in [-0.2, -0.15) is 0 Å². The number of imide groups is 1. The van der Waals surface area contributed by atoms with Crippen molar-refractivity contribution in [2.45, 2.75) is 32.7 Å². The number of carbonyl (C=O) groups is 4. The molecule has 5 amide bonds. The number of hydrogen-bond acceptors (Lipinski definition) is 7. The van der Waals surface area contributed by atoms with Gasteiger partial charge in [-0.05, 0) is 48.5 Å². The van der Waals surface area contributed by atoms with Crippen LogP contribution in [0.5, 0.6) is 0 Å². The van der Waals surface area contributed by atoms with E-state index in [-0.39, 0.29) is 17.7 Å². The second-order valence-electron chi connectivity index (χ2n) is 10.2. The predicted molar refractivity (Wildman–Crippen MR) is 147 cm³/mol. The molecule has 202 valence electrons. The Labute approximate surface area is 229 Å². The summed E-state index contributed by atoms with van der Waals surface area (Å²) in [7, 11) is 0. The quantitative estimate of drug-likeness (QED) is 0.291. The van der Waals surface area contributed by atoms with Gasteiger partial charge in [-0.1, -0.05) is 44.1 Å². The van der Waals surface area contributed by atoms with Crippen molar-refractivity contribution in [3.8, 4) is 0 Å².